The molecule has 0 heterocycles. The summed E-state index contributed by atoms with van der Waals surface area (Å²) in [6, 6.07) is 15.6. The predicted octanol–water partition coefficient (Wildman–Crippen LogP) is 7.31. The average Bonchev–Trinajstić information content (AvgIpc) is 2.83. The van der Waals surface area contributed by atoms with Gasteiger partial charge in [0.1, 0.15) is 11.5 Å². The maximum atomic E-state index is 11.2. The molecule has 0 spiro atoms. The van der Waals surface area contributed by atoms with E-state index in [-0.39, 0.29) is 12.3 Å². The van der Waals surface area contributed by atoms with Crippen molar-refractivity contribution in [3.63, 3.8) is 0 Å². The molecule has 0 radical (unpaired) electrons. The molecule has 0 saturated carbocycles. The number of hydrogen-bond acceptors (Lipinski definition) is 5. The van der Waals surface area contributed by atoms with E-state index in [9.17, 15) is 9.90 Å². The van der Waals surface area contributed by atoms with Crippen LogP contribution in [0.4, 0.5) is 0 Å². The van der Waals surface area contributed by atoms with E-state index >= 15 is 0 Å². The minimum atomic E-state index is -0.942. The van der Waals surface area contributed by atoms with Gasteiger partial charge in [0.05, 0.1) is 28.0 Å². The van der Waals surface area contributed by atoms with Gasteiger partial charge in [-0.05, 0) is 86.5 Å². The van der Waals surface area contributed by atoms with Crippen LogP contribution in [0.3, 0.4) is 0 Å². The Bertz CT molecular complexity index is 1250. The molecule has 3 aromatic rings. The van der Waals surface area contributed by atoms with Crippen molar-refractivity contribution in [2.75, 3.05) is 20.8 Å². The van der Waals surface area contributed by atoms with Crippen molar-refractivity contribution >= 4 is 37.8 Å². The minimum Gasteiger partial charge on any atom is -0.496 e. The van der Waals surface area contributed by atoms with Crippen LogP contribution in [0.15, 0.2) is 57.5 Å². The van der Waals surface area contributed by atoms with Crippen LogP contribution < -0.4 is 15.2 Å². The number of methoxy groups -OCH3 is 2. The number of ether oxygens (including phenoxy) is 3. The molecule has 3 N–H and O–H groups in total. The third-order valence-corrected chi connectivity index (χ3v) is 7.47. The van der Waals surface area contributed by atoms with Crippen LogP contribution >= 0.6 is 31.9 Å². The Morgan fingerprint density at radius 2 is 1.73 bits per heavy atom. The molecule has 0 bridgehead atoms. The zero-order valence-electron chi connectivity index (χ0n) is 21.7. The standard InChI is InChI=1S/C29H33Br2NO5/c1-17(2)21-15-26(37-28-23(30)12-19(13-24(28)31)14-27(33)34)22(16-25(21)36-5)29(32,9-10-35-4)20-8-6-7-18(3)11-20/h6-8,11-13,15-17H,9-10,14,32H2,1-5H3,(H,33,34). The summed E-state index contributed by atoms with van der Waals surface area (Å²) >= 11 is 7.14. The van der Waals surface area contributed by atoms with Crippen molar-refractivity contribution in [2.24, 2.45) is 5.73 Å². The smallest absolute Gasteiger partial charge is 0.307 e. The quantitative estimate of drug-likeness (QED) is 0.230. The van der Waals surface area contributed by atoms with Crippen molar-refractivity contribution in [2.45, 2.75) is 45.1 Å². The van der Waals surface area contributed by atoms with Gasteiger partial charge in [0.15, 0.2) is 5.75 Å². The molecule has 0 aliphatic heterocycles. The van der Waals surface area contributed by atoms with E-state index in [1.54, 1.807) is 26.4 Å². The Hall–Kier alpha value is -2.39. The second-order valence-corrected chi connectivity index (χ2v) is 11.1. The van der Waals surface area contributed by atoms with Gasteiger partial charge in [-0.3, -0.25) is 4.79 Å². The fraction of sp³-hybridized carbons (Fsp3) is 0.345. The number of carboxylic acid groups (broad SMARTS) is 1. The number of carbonyl (C=O) groups is 1. The summed E-state index contributed by atoms with van der Waals surface area (Å²) in [5.41, 5.74) is 10.7. The van der Waals surface area contributed by atoms with Gasteiger partial charge in [-0.15, -0.1) is 0 Å². The van der Waals surface area contributed by atoms with Crippen LogP contribution in [-0.4, -0.2) is 31.9 Å². The van der Waals surface area contributed by atoms with Crippen molar-refractivity contribution in [1.29, 1.82) is 0 Å². The van der Waals surface area contributed by atoms with Crippen molar-refractivity contribution in [3.05, 3.63) is 85.3 Å². The first-order valence-electron chi connectivity index (χ1n) is 11.9. The highest BCUT2D eigenvalue weighted by Gasteiger charge is 2.35. The highest BCUT2D eigenvalue weighted by molar-refractivity contribution is 9.11. The molecule has 0 aliphatic rings. The topological polar surface area (TPSA) is 91.0 Å². The summed E-state index contributed by atoms with van der Waals surface area (Å²) in [7, 11) is 3.31. The number of nitrogens with two attached hydrogens (primary N) is 1. The lowest BCUT2D eigenvalue weighted by Crippen LogP contribution is -2.39. The van der Waals surface area contributed by atoms with Gasteiger partial charge in [0, 0.05) is 24.8 Å². The molecule has 3 rings (SSSR count). The second-order valence-electron chi connectivity index (χ2n) is 9.39. The summed E-state index contributed by atoms with van der Waals surface area (Å²) in [5.74, 6) is 1.09. The van der Waals surface area contributed by atoms with Gasteiger partial charge in [-0.1, -0.05) is 43.7 Å². The van der Waals surface area contributed by atoms with E-state index in [0.717, 1.165) is 28.0 Å². The lowest BCUT2D eigenvalue weighted by atomic mass is 9.79. The number of rotatable bonds is 11. The largest absolute Gasteiger partial charge is 0.496 e. The summed E-state index contributed by atoms with van der Waals surface area (Å²) in [6.07, 6.45) is 0.409. The maximum absolute atomic E-state index is 11.2. The van der Waals surface area contributed by atoms with Gasteiger partial charge in [0.25, 0.3) is 0 Å². The molecule has 8 heteroatoms. The first kappa shape index (κ1) is 29.2. The fourth-order valence-corrected chi connectivity index (χ4v) is 5.80. The molecule has 1 unspecified atom stereocenters. The van der Waals surface area contributed by atoms with Crippen LogP contribution in [0, 0.1) is 6.92 Å². The van der Waals surface area contributed by atoms with E-state index in [1.165, 1.54) is 0 Å². The Kier molecular flexibility index (Phi) is 9.80. The first-order chi connectivity index (χ1) is 17.5. The van der Waals surface area contributed by atoms with Crippen molar-refractivity contribution in [1.82, 2.24) is 0 Å². The van der Waals surface area contributed by atoms with Crippen molar-refractivity contribution in [3.8, 4) is 17.2 Å². The normalized spacial score (nSPS) is 12.9. The zero-order valence-corrected chi connectivity index (χ0v) is 24.9. The maximum Gasteiger partial charge on any atom is 0.307 e. The number of carboxylic acids is 1. The van der Waals surface area contributed by atoms with Gasteiger partial charge in [0.2, 0.25) is 0 Å². The molecule has 0 fully saturated rings. The average molecular weight is 635 g/mol. The molecule has 0 aliphatic carbocycles. The SMILES string of the molecule is COCCC(N)(c1cccc(C)c1)c1cc(OC)c(C(C)C)cc1Oc1c(Br)cc(CC(=O)O)cc1Br. The minimum absolute atomic E-state index is 0.0982. The molecule has 3 aromatic carbocycles. The molecular weight excluding hydrogens is 602 g/mol. The van der Waals surface area contributed by atoms with Gasteiger partial charge >= 0.3 is 5.97 Å². The third-order valence-electron chi connectivity index (χ3n) is 6.29. The summed E-state index contributed by atoms with van der Waals surface area (Å²) < 4.78 is 19.1. The van der Waals surface area contributed by atoms with Gasteiger partial charge < -0.3 is 25.1 Å². The summed E-state index contributed by atoms with van der Waals surface area (Å²) in [4.78, 5) is 11.2. The number of aliphatic carboxylic acids is 1. The Balaban J connectivity index is 2.26. The van der Waals surface area contributed by atoms with Crippen LogP contribution in [0.25, 0.3) is 0 Å². The van der Waals surface area contributed by atoms with Crippen LogP contribution in [0.5, 0.6) is 17.2 Å². The molecule has 6 nitrogen and oxygen atoms in total. The van der Waals surface area contributed by atoms with Crippen molar-refractivity contribution < 1.29 is 24.1 Å². The molecular formula is C29H33Br2NO5. The first-order valence-corrected chi connectivity index (χ1v) is 13.5. The van der Waals surface area contributed by atoms with Crippen LogP contribution in [0.1, 0.15) is 54.0 Å². The fourth-order valence-electron chi connectivity index (χ4n) is 4.35. The lowest BCUT2D eigenvalue weighted by Gasteiger charge is -2.33. The molecule has 198 valence electrons. The molecule has 37 heavy (non-hydrogen) atoms. The van der Waals surface area contributed by atoms with Gasteiger partial charge in [-0.2, -0.15) is 0 Å². The van der Waals surface area contributed by atoms with E-state index in [4.69, 9.17) is 19.9 Å². The monoisotopic (exact) mass is 633 g/mol. The Labute approximate surface area is 235 Å². The predicted molar refractivity (Wildman–Crippen MR) is 153 cm³/mol. The molecule has 0 aromatic heterocycles. The highest BCUT2D eigenvalue weighted by atomic mass is 79.9. The Morgan fingerprint density at radius 3 is 2.27 bits per heavy atom. The van der Waals surface area contributed by atoms with E-state index in [0.29, 0.717) is 39.0 Å². The van der Waals surface area contributed by atoms with E-state index < -0.39 is 11.5 Å². The zero-order chi connectivity index (χ0) is 27.3. The number of hydrogen-bond donors (Lipinski definition) is 2. The summed E-state index contributed by atoms with van der Waals surface area (Å²) in [6.45, 7) is 6.66. The van der Waals surface area contributed by atoms with Crippen LogP contribution in [-0.2, 0) is 21.5 Å². The van der Waals surface area contributed by atoms with E-state index in [1.807, 2.05) is 37.3 Å². The van der Waals surface area contributed by atoms with E-state index in [2.05, 4.69) is 51.8 Å². The van der Waals surface area contributed by atoms with Crippen LogP contribution in [0.2, 0.25) is 0 Å². The van der Waals surface area contributed by atoms with Gasteiger partial charge in [-0.25, -0.2) is 0 Å². The molecule has 1 atom stereocenters. The second kappa shape index (κ2) is 12.4. The molecule has 0 saturated heterocycles. The number of aryl methyl sites for hydroxylation is 1. The summed E-state index contributed by atoms with van der Waals surface area (Å²) in [5, 5.41) is 9.21. The number of benzene rings is 3. The highest BCUT2D eigenvalue weighted by Crippen LogP contribution is 2.46. The third kappa shape index (κ3) is 6.74. The number of halogens is 2. The Morgan fingerprint density at radius 1 is 1.05 bits per heavy atom. The molecule has 0 amide bonds. The lowest BCUT2D eigenvalue weighted by molar-refractivity contribution is -0.136.